The molecule has 2 aromatic rings. The van der Waals surface area contributed by atoms with Crippen molar-refractivity contribution in [2.75, 3.05) is 11.4 Å². The van der Waals surface area contributed by atoms with Gasteiger partial charge in [-0.1, -0.05) is 42.5 Å². The molecule has 124 valence electrons. The highest BCUT2D eigenvalue weighted by Gasteiger charge is 2.22. The van der Waals surface area contributed by atoms with Crippen molar-refractivity contribution in [3.05, 3.63) is 65.7 Å². The quantitative estimate of drug-likeness (QED) is 0.855. The first-order valence-electron chi connectivity index (χ1n) is 8.12. The van der Waals surface area contributed by atoms with Gasteiger partial charge in [-0.05, 0) is 29.7 Å². The third kappa shape index (κ3) is 3.63. The summed E-state index contributed by atoms with van der Waals surface area (Å²) in [5.74, 6) is -0.244. The number of hydrogen-bond donors (Lipinski definition) is 2. The van der Waals surface area contributed by atoms with E-state index in [1.54, 1.807) is 0 Å². The first-order valence-corrected chi connectivity index (χ1v) is 8.12. The minimum atomic E-state index is -0.539. The lowest BCUT2D eigenvalue weighted by atomic mass is 10.1. The van der Waals surface area contributed by atoms with Crippen molar-refractivity contribution in [1.82, 2.24) is 5.32 Å². The molecule has 0 unspecified atom stereocenters. The van der Waals surface area contributed by atoms with E-state index in [2.05, 4.69) is 5.32 Å². The molecule has 3 rings (SSSR count). The number of nitrogens with one attached hydrogen (secondary N) is 1. The molecule has 0 saturated carbocycles. The van der Waals surface area contributed by atoms with E-state index in [0.29, 0.717) is 13.0 Å². The van der Waals surface area contributed by atoms with E-state index < -0.39 is 11.9 Å². The Morgan fingerprint density at radius 1 is 1.17 bits per heavy atom. The van der Waals surface area contributed by atoms with Crippen molar-refractivity contribution in [2.45, 2.75) is 25.4 Å². The molecule has 3 N–H and O–H groups in total. The van der Waals surface area contributed by atoms with Gasteiger partial charge in [0.15, 0.2) is 0 Å². The molecule has 1 heterocycles. The van der Waals surface area contributed by atoms with Gasteiger partial charge in [-0.2, -0.15) is 0 Å². The number of hydrogen-bond acceptors (Lipinski definition) is 3. The summed E-state index contributed by atoms with van der Waals surface area (Å²) >= 11 is 0. The summed E-state index contributed by atoms with van der Waals surface area (Å²) in [6.07, 6.45) is 1.51. The van der Waals surface area contributed by atoms with Crippen molar-refractivity contribution >= 4 is 17.5 Å². The number of carbonyl (C=O) groups excluding carboxylic acids is 2. The van der Waals surface area contributed by atoms with E-state index in [1.807, 2.05) is 59.5 Å². The van der Waals surface area contributed by atoms with Crippen LogP contribution in [0.5, 0.6) is 0 Å². The Hall–Kier alpha value is -2.66. The van der Waals surface area contributed by atoms with Gasteiger partial charge in [-0.25, -0.2) is 0 Å². The van der Waals surface area contributed by atoms with Gasteiger partial charge in [0.2, 0.25) is 11.8 Å². The predicted octanol–water partition coefficient (Wildman–Crippen LogP) is 2.13. The van der Waals surface area contributed by atoms with E-state index in [0.717, 1.165) is 29.8 Å². The second kappa shape index (κ2) is 7.27. The predicted molar refractivity (Wildman–Crippen MR) is 93.2 cm³/mol. The van der Waals surface area contributed by atoms with Gasteiger partial charge in [-0.15, -0.1) is 0 Å². The van der Waals surface area contributed by atoms with Gasteiger partial charge in [0.05, 0.1) is 0 Å². The fraction of sp³-hybridized carbons (Fsp3) is 0.263. The summed E-state index contributed by atoms with van der Waals surface area (Å²) in [6.45, 7) is 1.27. The lowest BCUT2D eigenvalue weighted by molar-refractivity contribution is -0.120. The summed E-state index contributed by atoms with van der Waals surface area (Å²) in [5, 5.41) is 3.20. The zero-order valence-electron chi connectivity index (χ0n) is 13.4. The number of rotatable bonds is 6. The Kier molecular flexibility index (Phi) is 4.91. The third-order valence-electron chi connectivity index (χ3n) is 4.22. The average Bonchev–Trinajstić information content (AvgIpc) is 3.02. The number of carbonyl (C=O) groups is 2. The van der Waals surface area contributed by atoms with Gasteiger partial charge < -0.3 is 10.6 Å². The van der Waals surface area contributed by atoms with Crippen molar-refractivity contribution in [1.29, 1.82) is 0 Å². The topological polar surface area (TPSA) is 75.4 Å². The molecule has 0 bridgehead atoms. The fourth-order valence-corrected chi connectivity index (χ4v) is 3.00. The Morgan fingerprint density at radius 3 is 2.62 bits per heavy atom. The standard InChI is InChI=1S/C19H21N3O2/c20-19(24)18(15-7-2-1-3-8-15)21-13-14-6-4-9-16(12-14)22-11-5-10-17(22)23/h1-4,6-9,12,18,21H,5,10-11,13H2,(H2,20,24)/t18-/m0/s1. The van der Waals surface area contributed by atoms with Crippen molar-refractivity contribution in [3.8, 4) is 0 Å². The molecule has 1 aliphatic heterocycles. The van der Waals surface area contributed by atoms with E-state index in [1.165, 1.54) is 0 Å². The van der Waals surface area contributed by atoms with Gasteiger partial charge in [0, 0.05) is 25.2 Å². The highest BCUT2D eigenvalue weighted by Crippen LogP contribution is 2.22. The molecule has 24 heavy (non-hydrogen) atoms. The Labute approximate surface area is 141 Å². The van der Waals surface area contributed by atoms with Crippen LogP contribution in [-0.4, -0.2) is 18.4 Å². The Balaban J connectivity index is 1.71. The smallest absolute Gasteiger partial charge is 0.239 e. The summed E-state index contributed by atoms with van der Waals surface area (Å²) < 4.78 is 0. The van der Waals surface area contributed by atoms with Gasteiger partial charge in [-0.3, -0.25) is 14.9 Å². The number of benzene rings is 2. The number of amides is 2. The van der Waals surface area contributed by atoms with E-state index in [4.69, 9.17) is 5.73 Å². The summed E-state index contributed by atoms with van der Waals surface area (Å²) in [5.41, 5.74) is 8.29. The van der Waals surface area contributed by atoms with Crippen LogP contribution < -0.4 is 16.0 Å². The minimum Gasteiger partial charge on any atom is -0.368 e. The molecule has 1 fully saturated rings. The monoisotopic (exact) mass is 323 g/mol. The maximum atomic E-state index is 11.9. The second-order valence-electron chi connectivity index (χ2n) is 5.95. The fourth-order valence-electron chi connectivity index (χ4n) is 3.00. The normalized spacial score (nSPS) is 15.5. The SMILES string of the molecule is NC(=O)[C@@H](NCc1cccc(N2CCCC2=O)c1)c1ccccc1. The van der Waals surface area contributed by atoms with Crippen LogP contribution in [0.3, 0.4) is 0 Å². The van der Waals surface area contributed by atoms with Gasteiger partial charge in [0.1, 0.15) is 6.04 Å². The van der Waals surface area contributed by atoms with Gasteiger partial charge in [0.25, 0.3) is 0 Å². The van der Waals surface area contributed by atoms with Crippen LogP contribution in [0.25, 0.3) is 0 Å². The van der Waals surface area contributed by atoms with E-state index in [-0.39, 0.29) is 5.91 Å². The molecule has 1 atom stereocenters. The summed E-state index contributed by atoms with van der Waals surface area (Å²) in [6, 6.07) is 16.7. The van der Waals surface area contributed by atoms with Crippen LogP contribution in [0.1, 0.15) is 30.0 Å². The molecule has 1 saturated heterocycles. The third-order valence-corrected chi connectivity index (χ3v) is 4.22. The van der Waals surface area contributed by atoms with Crippen molar-refractivity contribution in [3.63, 3.8) is 0 Å². The number of nitrogens with two attached hydrogens (primary N) is 1. The number of nitrogens with zero attached hydrogens (tertiary/aromatic N) is 1. The van der Waals surface area contributed by atoms with Crippen LogP contribution in [0.4, 0.5) is 5.69 Å². The molecule has 5 nitrogen and oxygen atoms in total. The first-order chi connectivity index (χ1) is 11.6. The molecular weight excluding hydrogens is 302 g/mol. The highest BCUT2D eigenvalue weighted by atomic mass is 16.2. The molecule has 5 heteroatoms. The average molecular weight is 323 g/mol. The molecule has 1 aliphatic rings. The Morgan fingerprint density at radius 2 is 1.96 bits per heavy atom. The second-order valence-corrected chi connectivity index (χ2v) is 5.95. The van der Waals surface area contributed by atoms with Crippen LogP contribution in [0, 0.1) is 0 Å². The molecule has 2 amide bonds. The maximum Gasteiger partial charge on any atom is 0.239 e. The zero-order valence-corrected chi connectivity index (χ0v) is 13.4. The highest BCUT2D eigenvalue weighted by molar-refractivity contribution is 5.95. The zero-order chi connectivity index (χ0) is 16.9. The largest absolute Gasteiger partial charge is 0.368 e. The maximum absolute atomic E-state index is 11.9. The number of primary amides is 1. The molecule has 0 aliphatic carbocycles. The molecule has 0 aromatic heterocycles. The first kappa shape index (κ1) is 16.2. The van der Waals surface area contributed by atoms with Gasteiger partial charge >= 0.3 is 0 Å². The van der Waals surface area contributed by atoms with Crippen LogP contribution in [0.15, 0.2) is 54.6 Å². The van der Waals surface area contributed by atoms with E-state index in [9.17, 15) is 9.59 Å². The lowest BCUT2D eigenvalue weighted by Gasteiger charge is -2.18. The molecular formula is C19H21N3O2. The van der Waals surface area contributed by atoms with E-state index >= 15 is 0 Å². The summed E-state index contributed by atoms with van der Waals surface area (Å²) in [7, 11) is 0. The van der Waals surface area contributed by atoms with Crippen LogP contribution >= 0.6 is 0 Å². The van der Waals surface area contributed by atoms with Crippen molar-refractivity contribution in [2.24, 2.45) is 5.73 Å². The number of anilines is 1. The molecule has 0 radical (unpaired) electrons. The Bertz CT molecular complexity index is 730. The lowest BCUT2D eigenvalue weighted by Crippen LogP contribution is -2.33. The van der Waals surface area contributed by atoms with Crippen LogP contribution in [0.2, 0.25) is 0 Å². The summed E-state index contributed by atoms with van der Waals surface area (Å²) in [4.78, 5) is 25.4. The minimum absolute atomic E-state index is 0.166. The van der Waals surface area contributed by atoms with Crippen molar-refractivity contribution < 1.29 is 9.59 Å². The molecule has 2 aromatic carbocycles. The molecule has 0 spiro atoms. The van der Waals surface area contributed by atoms with Crippen LogP contribution in [-0.2, 0) is 16.1 Å².